The molecule has 122 valence electrons. The summed E-state index contributed by atoms with van der Waals surface area (Å²) >= 11 is 1.79. The Kier molecular flexibility index (Phi) is 3.05. The molecule has 1 saturated carbocycles. The summed E-state index contributed by atoms with van der Waals surface area (Å²) < 4.78 is 1.35. The van der Waals surface area contributed by atoms with Crippen molar-refractivity contribution in [2.75, 3.05) is 26.0 Å². The number of nitrogens with one attached hydrogen (secondary N) is 1. The molecular weight excluding hydrogens is 302 g/mol. The van der Waals surface area contributed by atoms with Crippen molar-refractivity contribution in [2.45, 2.75) is 50.0 Å². The molecule has 2 aliphatic carbocycles. The molecule has 2 heterocycles. The number of rotatable bonds is 1. The minimum Gasteiger partial charge on any atom is -0.365 e. The van der Waals surface area contributed by atoms with Gasteiger partial charge in [-0.3, -0.25) is 0 Å². The molecule has 0 unspecified atom stereocenters. The Morgan fingerprint density at radius 2 is 2.22 bits per heavy atom. The van der Waals surface area contributed by atoms with Gasteiger partial charge in [0.05, 0.1) is 10.2 Å². The fraction of sp³-hybridized carbons (Fsp3) is 0.632. The van der Waals surface area contributed by atoms with E-state index in [0.717, 1.165) is 17.1 Å². The molecule has 1 aliphatic heterocycles. The molecule has 2 fully saturated rings. The van der Waals surface area contributed by atoms with Crippen LogP contribution in [0.1, 0.15) is 43.2 Å². The predicted molar refractivity (Wildman–Crippen MR) is 97.5 cm³/mol. The van der Waals surface area contributed by atoms with Crippen LogP contribution in [-0.4, -0.2) is 36.6 Å². The first kappa shape index (κ1) is 14.2. The van der Waals surface area contributed by atoms with E-state index in [0.29, 0.717) is 5.41 Å². The Morgan fingerprint density at radius 1 is 1.30 bits per heavy atom. The summed E-state index contributed by atoms with van der Waals surface area (Å²) in [7, 11) is 4.31. The molecule has 1 aromatic heterocycles. The SMILES string of the molecule is CNc1nc2cc3c(cc2s1)C[C@@H]1[C@@H]2CCCC[C@]32CCN1C. The standard InChI is InChI=1S/C19H25N3S/c1-20-18-21-15-11-14-12(10-17(15)23-18)9-16-13-5-3-4-6-19(13,14)7-8-22(16)2/h10-11,13,16H,3-9H2,1-2H3,(H,20,21)/t13-,16+,19+/m0/s1. The highest BCUT2D eigenvalue weighted by Gasteiger charge is 2.53. The van der Waals surface area contributed by atoms with Gasteiger partial charge in [0.15, 0.2) is 5.13 Å². The van der Waals surface area contributed by atoms with Gasteiger partial charge in [-0.1, -0.05) is 24.2 Å². The molecule has 0 radical (unpaired) electrons. The Labute approximate surface area is 142 Å². The average Bonchev–Trinajstić information content (AvgIpc) is 2.99. The monoisotopic (exact) mass is 327 g/mol. The van der Waals surface area contributed by atoms with Crippen molar-refractivity contribution in [3.63, 3.8) is 0 Å². The van der Waals surface area contributed by atoms with E-state index in [1.807, 2.05) is 7.05 Å². The topological polar surface area (TPSA) is 28.2 Å². The molecule has 4 heteroatoms. The summed E-state index contributed by atoms with van der Waals surface area (Å²) in [6, 6.07) is 5.68. The van der Waals surface area contributed by atoms with E-state index in [9.17, 15) is 0 Å². The van der Waals surface area contributed by atoms with Gasteiger partial charge >= 0.3 is 0 Å². The summed E-state index contributed by atoms with van der Waals surface area (Å²) in [5.41, 5.74) is 4.92. The Balaban J connectivity index is 1.73. The van der Waals surface area contributed by atoms with Crippen LogP contribution >= 0.6 is 11.3 Å². The van der Waals surface area contributed by atoms with Gasteiger partial charge in [-0.25, -0.2) is 4.98 Å². The van der Waals surface area contributed by atoms with Crippen LogP contribution in [0.4, 0.5) is 5.13 Å². The molecule has 2 aromatic rings. The highest BCUT2D eigenvalue weighted by atomic mass is 32.1. The molecule has 0 spiro atoms. The lowest BCUT2D eigenvalue weighted by Crippen LogP contribution is -2.59. The average molecular weight is 327 g/mol. The highest BCUT2D eigenvalue weighted by molar-refractivity contribution is 7.22. The lowest BCUT2D eigenvalue weighted by atomic mass is 9.52. The van der Waals surface area contributed by atoms with Crippen LogP contribution < -0.4 is 5.32 Å². The maximum atomic E-state index is 4.79. The second-order valence-corrected chi connectivity index (χ2v) is 8.79. The van der Waals surface area contributed by atoms with E-state index < -0.39 is 0 Å². The summed E-state index contributed by atoms with van der Waals surface area (Å²) in [5, 5.41) is 4.26. The quantitative estimate of drug-likeness (QED) is 0.857. The molecule has 23 heavy (non-hydrogen) atoms. The first-order chi connectivity index (χ1) is 11.2. The third-order valence-electron chi connectivity index (χ3n) is 6.83. The van der Waals surface area contributed by atoms with Crippen LogP contribution in [0.2, 0.25) is 0 Å². The second kappa shape index (κ2) is 4.93. The zero-order valence-corrected chi connectivity index (χ0v) is 14.9. The van der Waals surface area contributed by atoms with Gasteiger partial charge in [-0.2, -0.15) is 0 Å². The zero-order valence-electron chi connectivity index (χ0n) is 14.1. The molecule has 5 rings (SSSR count). The fourth-order valence-electron chi connectivity index (χ4n) is 5.73. The number of piperidine rings is 1. The van der Waals surface area contributed by atoms with Crippen molar-refractivity contribution in [1.29, 1.82) is 0 Å². The minimum absolute atomic E-state index is 0.445. The maximum Gasteiger partial charge on any atom is 0.183 e. The van der Waals surface area contributed by atoms with Crippen molar-refractivity contribution in [2.24, 2.45) is 5.92 Å². The van der Waals surface area contributed by atoms with E-state index in [-0.39, 0.29) is 0 Å². The van der Waals surface area contributed by atoms with Crippen molar-refractivity contribution < 1.29 is 0 Å². The van der Waals surface area contributed by atoms with Gasteiger partial charge in [0.25, 0.3) is 0 Å². The first-order valence-electron chi connectivity index (χ1n) is 9.03. The third kappa shape index (κ3) is 1.88. The van der Waals surface area contributed by atoms with E-state index in [1.54, 1.807) is 22.5 Å². The van der Waals surface area contributed by atoms with E-state index in [1.165, 1.54) is 55.3 Å². The number of thiazole rings is 1. The second-order valence-electron chi connectivity index (χ2n) is 7.76. The van der Waals surface area contributed by atoms with Gasteiger partial charge in [-0.15, -0.1) is 0 Å². The molecule has 3 nitrogen and oxygen atoms in total. The predicted octanol–water partition coefficient (Wildman–Crippen LogP) is 4.03. The molecule has 3 aliphatic rings. The Hall–Kier alpha value is -1.13. The molecule has 1 aromatic carbocycles. The lowest BCUT2D eigenvalue weighted by molar-refractivity contribution is 0.00298. The third-order valence-corrected chi connectivity index (χ3v) is 7.87. The van der Waals surface area contributed by atoms with Crippen LogP contribution in [0.3, 0.4) is 0 Å². The number of likely N-dealkylation sites (tertiary alicyclic amines) is 1. The van der Waals surface area contributed by atoms with Gasteiger partial charge in [-0.05, 0) is 68.5 Å². The van der Waals surface area contributed by atoms with Gasteiger partial charge in [0, 0.05) is 18.5 Å². The number of anilines is 1. The molecule has 1 saturated heterocycles. The van der Waals surface area contributed by atoms with Crippen molar-refractivity contribution in [3.05, 3.63) is 23.3 Å². The molecule has 0 amide bonds. The van der Waals surface area contributed by atoms with Crippen LogP contribution in [0.15, 0.2) is 12.1 Å². The van der Waals surface area contributed by atoms with Crippen molar-refractivity contribution in [3.8, 4) is 0 Å². The number of benzene rings is 1. The summed E-state index contributed by atoms with van der Waals surface area (Å²) in [4.78, 5) is 7.44. The number of fused-ring (bicyclic) bond motifs is 2. The Morgan fingerprint density at radius 3 is 3.09 bits per heavy atom. The summed E-state index contributed by atoms with van der Waals surface area (Å²) in [6.45, 7) is 1.26. The molecular formula is C19H25N3S. The van der Waals surface area contributed by atoms with Crippen LogP contribution in [0.25, 0.3) is 10.2 Å². The van der Waals surface area contributed by atoms with Gasteiger partial charge in [0.2, 0.25) is 0 Å². The van der Waals surface area contributed by atoms with E-state index in [2.05, 4.69) is 29.4 Å². The molecule has 3 atom stereocenters. The Bertz CT molecular complexity index is 767. The largest absolute Gasteiger partial charge is 0.365 e. The number of aromatic nitrogens is 1. The fourth-order valence-corrected chi connectivity index (χ4v) is 6.60. The number of hydrogen-bond acceptors (Lipinski definition) is 4. The van der Waals surface area contributed by atoms with Crippen LogP contribution in [0, 0.1) is 5.92 Å². The smallest absolute Gasteiger partial charge is 0.183 e. The molecule has 2 bridgehead atoms. The van der Waals surface area contributed by atoms with Crippen molar-refractivity contribution in [1.82, 2.24) is 9.88 Å². The zero-order chi connectivity index (χ0) is 15.6. The normalized spacial score (nSPS) is 33.3. The van der Waals surface area contributed by atoms with Crippen LogP contribution in [-0.2, 0) is 11.8 Å². The van der Waals surface area contributed by atoms with Gasteiger partial charge in [0.1, 0.15) is 0 Å². The maximum absolute atomic E-state index is 4.79. The number of likely N-dealkylation sites (N-methyl/N-ethyl adjacent to an activating group) is 1. The van der Waals surface area contributed by atoms with Crippen LogP contribution in [0.5, 0.6) is 0 Å². The van der Waals surface area contributed by atoms with Crippen molar-refractivity contribution >= 4 is 26.7 Å². The highest BCUT2D eigenvalue weighted by Crippen LogP contribution is 2.56. The number of hydrogen-bond donors (Lipinski definition) is 1. The summed E-state index contributed by atoms with van der Waals surface area (Å²) in [5.74, 6) is 0.863. The minimum atomic E-state index is 0.445. The van der Waals surface area contributed by atoms with E-state index in [4.69, 9.17) is 4.98 Å². The van der Waals surface area contributed by atoms with Gasteiger partial charge < -0.3 is 10.2 Å². The summed E-state index contributed by atoms with van der Waals surface area (Å²) in [6.07, 6.45) is 8.22. The lowest BCUT2D eigenvalue weighted by Gasteiger charge is -2.58. The molecule has 1 N–H and O–H groups in total. The van der Waals surface area contributed by atoms with E-state index >= 15 is 0 Å². The first-order valence-corrected chi connectivity index (χ1v) is 9.85. The number of nitrogens with zero attached hydrogens (tertiary/aromatic N) is 2.